The maximum atomic E-state index is 6.97. The van der Waals surface area contributed by atoms with E-state index in [4.69, 9.17) is 28.6 Å². The highest BCUT2D eigenvalue weighted by Gasteiger charge is 2.10. The summed E-state index contributed by atoms with van der Waals surface area (Å²) in [6, 6.07) is 3.73. The lowest BCUT2D eigenvalue weighted by Crippen LogP contribution is -1.98. The molecular weight excluding hydrogens is 291 g/mol. The van der Waals surface area contributed by atoms with Crippen LogP contribution in [0.2, 0.25) is 5.15 Å². The van der Waals surface area contributed by atoms with Crippen LogP contribution in [0.3, 0.4) is 0 Å². The Labute approximate surface area is 118 Å². The van der Waals surface area contributed by atoms with E-state index in [0.717, 1.165) is 16.8 Å². The largest absolute Gasteiger partial charge is 0.311 e. The Hall–Kier alpha value is -1.30. The van der Waals surface area contributed by atoms with E-state index in [0.29, 0.717) is 10.2 Å². The van der Waals surface area contributed by atoms with Gasteiger partial charge in [-0.1, -0.05) is 22.9 Å². The van der Waals surface area contributed by atoms with Gasteiger partial charge in [-0.2, -0.15) is 0 Å². The smallest absolute Gasteiger partial charge is 0.166 e. The Bertz CT molecular complexity index is 568. The van der Waals surface area contributed by atoms with Crippen molar-refractivity contribution in [2.24, 2.45) is 4.99 Å². The number of pyridine rings is 1. The number of hydrogen-bond acceptors (Lipinski definition) is 5. The van der Waals surface area contributed by atoms with Crippen LogP contribution < -0.4 is 0 Å². The fourth-order valence-corrected chi connectivity index (χ4v) is 2.33. The van der Waals surface area contributed by atoms with E-state index in [2.05, 4.69) is 15.0 Å². The Morgan fingerprint density at radius 1 is 1.50 bits per heavy atom. The van der Waals surface area contributed by atoms with E-state index in [-0.39, 0.29) is 0 Å². The van der Waals surface area contributed by atoms with Gasteiger partial charge in [0.05, 0.1) is 0 Å². The maximum Gasteiger partial charge on any atom is 0.166 e. The Balaban J connectivity index is 2.28. The molecule has 2 rings (SSSR count). The van der Waals surface area contributed by atoms with Gasteiger partial charge >= 0.3 is 0 Å². The SMILES string of the molecule is N=CC(Cl)C=Nc1sc(-c2cccnc2)nc1Cl. The summed E-state index contributed by atoms with van der Waals surface area (Å²) in [6.45, 7) is 0. The second-order valence-corrected chi connectivity index (χ2v) is 5.09. The summed E-state index contributed by atoms with van der Waals surface area (Å²) in [5.41, 5.74) is 0.889. The minimum Gasteiger partial charge on any atom is -0.311 e. The van der Waals surface area contributed by atoms with Gasteiger partial charge < -0.3 is 5.41 Å². The second kappa shape index (κ2) is 6.04. The van der Waals surface area contributed by atoms with Crippen molar-refractivity contribution >= 4 is 52.0 Å². The zero-order valence-electron chi connectivity index (χ0n) is 9.05. The van der Waals surface area contributed by atoms with E-state index < -0.39 is 5.38 Å². The first-order valence-electron chi connectivity index (χ1n) is 4.96. The van der Waals surface area contributed by atoms with Crippen LogP contribution in [-0.4, -0.2) is 27.8 Å². The molecule has 18 heavy (non-hydrogen) atoms. The Morgan fingerprint density at radius 3 is 3.00 bits per heavy atom. The van der Waals surface area contributed by atoms with Crippen molar-refractivity contribution in [3.63, 3.8) is 0 Å². The molecule has 92 valence electrons. The lowest BCUT2D eigenvalue weighted by molar-refractivity contribution is 1.31. The van der Waals surface area contributed by atoms with Gasteiger partial charge in [-0.05, 0) is 12.1 Å². The molecule has 0 aliphatic rings. The van der Waals surface area contributed by atoms with Gasteiger partial charge in [-0.25, -0.2) is 9.98 Å². The molecule has 1 N–H and O–H groups in total. The number of thiazole rings is 1. The van der Waals surface area contributed by atoms with Crippen molar-refractivity contribution in [2.75, 3.05) is 0 Å². The molecule has 2 heterocycles. The van der Waals surface area contributed by atoms with Gasteiger partial charge in [0.15, 0.2) is 10.2 Å². The average molecular weight is 299 g/mol. The van der Waals surface area contributed by atoms with E-state index in [1.165, 1.54) is 17.6 Å². The van der Waals surface area contributed by atoms with Gasteiger partial charge in [0.1, 0.15) is 10.4 Å². The van der Waals surface area contributed by atoms with E-state index in [1.807, 2.05) is 12.1 Å². The summed E-state index contributed by atoms with van der Waals surface area (Å²) in [6.07, 6.45) is 5.94. The molecule has 0 aromatic carbocycles. The molecule has 0 radical (unpaired) electrons. The fourth-order valence-electron chi connectivity index (χ4n) is 1.17. The summed E-state index contributed by atoms with van der Waals surface area (Å²) < 4.78 is 0. The normalized spacial score (nSPS) is 12.8. The van der Waals surface area contributed by atoms with Crippen molar-refractivity contribution in [3.8, 4) is 10.6 Å². The molecule has 0 aliphatic heterocycles. The molecule has 2 aromatic heterocycles. The van der Waals surface area contributed by atoms with E-state index >= 15 is 0 Å². The van der Waals surface area contributed by atoms with Crippen LogP contribution in [0.1, 0.15) is 0 Å². The molecule has 0 saturated carbocycles. The number of aliphatic imine (C=N–C) groups is 1. The number of aromatic nitrogens is 2. The predicted molar refractivity (Wildman–Crippen MR) is 76.9 cm³/mol. The van der Waals surface area contributed by atoms with Crippen LogP contribution >= 0.6 is 34.5 Å². The highest BCUT2D eigenvalue weighted by atomic mass is 35.5. The molecule has 0 bridgehead atoms. The van der Waals surface area contributed by atoms with Crippen molar-refractivity contribution in [1.82, 2.24) is 9.97 Å². The van der Waals surface area contributed by atoms with Gasteiger partial charge in [-0.3, -0.25) is 4.98 Å². The molecule has 7 heteroatoms. The van der Waals surface area contributed by atoms with Crippen LogP contribution in [0.25, 0.3) is 10.6 Å². The summed E-state index contributed by atoms with van der Waals surface area (Å²) >= 11 is 13.1. The number of alkyl halides is 1. The zero-order chi connectivity index (χ0) is 13.0. The monoisotopic (exact) mass is 298 g/mol. The molecule has 1 unspecified atom stereocenters. The molecule has 2 aromatic rings. The molecular formula is C11H8Cl2N4S. The average Bonchev–Trinajstić information content (AvgIpc) is 2.78. The molecule has 4 nitrogen and oxygen atoms in total. The van der Waals surface area contributed by atoms with Crippen LogP contribution in [0.5, 0.6) is 0 Å². The lowest BCUT2D eigenvalue weighted by atomic mass is 10.3. The first-order valence-corrected chi connectivity index (χ1v) is 6.59. The van der Waals surface area contributed by atoms with Gasteiger partial charge in [-0.15, -0.1) is 11.6 Å². The van der Waals surface area contributed by atoms with Gasteiger partial charge in [0, 0.05) is 30.4 Å². The summed E-state index contributed by atoms with van der Waals surface area (Å²) in [5.74, 6) is 0. The first kappa shape index (κ1) is 13.1. The predicted octanol–water partition coefficient (Wildman–Crippen LogP) is 3.82. The minimum atomic E-state index is -0.537. The van der Waals surface area contributed by atoms with E-state index in [1.54, 1.807) is 12.4 Å². The van der Waals surface area contributed by atoms with Gasteiger partial charge in [0.25, 0.3) is 0 Å². The Morgan fingerprint density at radius 2 is 2.33 bits per heavy atom. The molecule has 0 aliphatic carbocycles. The van der Waals surface area contributed by atoms with E-state index in [9.17, 15) is 0 Å². The van der Waals surface area contributed by atoms with Crippen LogP contribution in [0, 0.1) is 5.41 Å². The first-order chi connectivity index (χ1) is 8.70. The third-order valence-corrected chi connectivity index (χ3v) is 3.60. The number of hydrogen-bond donors (Lipinski definition) is 1. The standard InChI is InChI=1S/C11H8Cl2N4S/c12-8(4-14)6-16-11-9(13)17-10(18-11)7-2-1-3-15-5-7/h1-6,8,14H. The number of nitrogens with zero attached hydrogens (tertiary/aromatic N) is 3. The summed E-state index contributed by atoms with van der Waals surface area (Å²) in [5, 5.41) is 8.08. The molecule has 0 fully saturated rings. The Kier molecular flexibility index (Phi) is 4.41. The fraction of sp³-hybridized carbons (Fsp3) is 0.0909. The van der Waals surface area contributed by atoms with Crippen molar-refractivity contribution in [3.05, 3.63) is 29.7 Å². The van der Waals surface area contributed by atoms with Crippen LogP contribution in [0.4, 0.5) is 5.00 Å². The molecule has 0 spiro atoms. The molecule has 1 atom stereocenters. The zero-order valence-corrected chi connectivity index (χ0v) is 11.4. The third kappa shape index (κ3) is 3.13. The highest BCUT2D eigenvalue weighted by molar-refractivity contribution is 7.19. The van der Waals surface area contributed by atoms with Gasteiger partial charge in [0.2, 0.25) is 0 Å². The number of halogens is 2. The van der Waals surface area contributed by atoms with Crippen molar-refractivity contribution < 1.29 is 0 Å². The minimum absolute atomic E-state index is 0.323. The topological polar surface area (TPSA) is 62.0 Å². The number of rotatable bonds is 4. The molecule has 0 saturated heterocycles. The van der Waals surface area contributed by atoms with Crippen molar-refractivity contribution in [1.29, 1.82) is 5.41 Å². The van der Waals surface area contributed by atoms with Crippen molar-refractivity contribution in [2.45, 2.75) is 5.38 Å². The highest BCUT2D eigenvalue weighted by Crippen LogP contribution is 2.36. The summed E-state index contributed by atoms with van der Waals surface area (Å²) in [4.78, 5) is 12.4. The quantitative estimate of drug-likeness (QED) is 0.689. The molecule has 0 amide bonds. The number of nitrogens with one attached hydrogen (secondary N) is 1. The third-order valence-electron chi connectivity index (χ3n) is 1.97. The van der Waals surface area contributed by atoms with Crippen LogP contribution in [-0.2, 0) is 0 Å². The second-order valence-electron chi connectivity index (χ2n) is 3.25. The summed E-state index contributed by atoms with van der Waals surface area (Å²) in [7, 11) is 0. The van der Waals surface area contributed by atoms with Crippen LogP contribution in [0.15, 0.2) is 29.5 Å². The maximum absolute atomic E-state index is 6.97. The lowest BCUT2D eigenvalue weighted by Gasteiger charge is -1.92.